The molecule has 5 rings (SSSR count). The largest absolute Gasteiger partial charge is 0.494 e. The Bertz CT molecular complexity index is 1810. The molecule has 0 spiro atoms. The van der Waals surface area contributed by atoms with Crippen molar-refractivity contribution in [3.05, 3.63) is 95.6 Å². The first-order chi connectivity index (χ1) is 30.9. The van der Waals surface area contributed by atoms with E-state index in [1.165, 1.54) is 12.1 Å². The van der Waals surface area contributed by atoms with E-state index in [0.29, 0.717) is 127 Å². The normalized spacial score (nSPS) is 16.3. The van der Waals surface area contributed by atoms with Crippen molar-refractivity contribution in [2.24, 2.45) is 17.8 Å². The van der Waals surface area contributed by atoms with Crippen LogP contribution in [-0.2, 0) is 44.6 Å². The molecule has 63 heavy (non-hydrogen) atoms. The second kappa shape index (κ2) is 28.8. The second-order valence-electron chi connectivity index (χ2n) is 15.0. The maximum Gasteiger partial charge on any atom is 0.343 e. The van der Waals surface area contributed by atoms with Gasteiger partial charge in [-0.2, -0.15) is 0 Å². The van der Waals surface area contributed by atoms with Crippen molar-refractivity contribution in [3.63, 3.8) is 0 Å². The molecule has 0 amide bonds. The van der Waals surface area contributed by atoms with Crippen LogP contribution >= 0.6 is 0 Å². The van der Waals surface area contributed by atoms with Crippen LogP contribution in [0.1, 0.15) is 78.7 Å². The number of esters is 3. The predicted molar refractivity (Wildman–Crippen MR) is 234 cm³/mol. The SMILES string of the molecule is CCOCCOCCOCCCCOc1ccc(C(=O)Oc2ccc(OC(=O)c3ccc(OCCCCOCCOCCOCC)cc3)c(COC(=O)C3CC4C=CC3C4)c2)cc1. The van der Waals surface area contributed by atoms with Gasteiger partial charge in [0.2, 0.25) is 0 Å². The van der Waals surface area contributed by atoms with E-state index in [1.54, 1.807) is 54.6 Å². The van der Waals surface area contributed by atoms with Crippen molar-refractivity contribution in [1.82, 2.24) is 0 Å². The first-order valence-corrected chi connectivity index (χ1v) is 22.3. The lowest BCUT2D eigenvalue weighted by atomic mass is 9.94. The van der Waals surface area contributed by atoms with Crippen LogP contribution in [0.5, 0.6) is 23.0 Å². The Labute approximate surface area is 371 Å². The molecule has 0 heterocycles. The minimum atomic E-state index is -0.610. The van der Waals surface area contributed by atoms with E-state index >= 15 is 0 Å². The van der Waals surface area contributed by atoms with Crippen molar-refractivity contribution in [2.45, 2.75) is 59.0 Å². The van der Waals surface area contributed by atoms with Gasteiger partial charge < -0.3 is 52.1 Å². The summed E-state index contributed by atoms with van der Waals surface area (Å²) in [4.78, 5) is 39.7. The maximum absolute atomic E-state index is 13.3. The molecule has 2 aliphatic rings. The summed E-state index contributed by atoms with van der Waals surface area (Å²) in [6, 6.07) is 18.0. The molecule has 3 atom stereocenters. The number of hydrogen-bond acceptors (Lipinski definition) is 14. The molecule has 3 aromatic carbocycles. The van der Waals surface area contributed by atoms with Crippen molar-refractivity contribution in [2.75, 3.05) is 92.5 Å². The molecule has 0 aliphatic heterocycles. The van der Waals surface area contributed by atoms with E-state index in [4.69, 9.17) is 52.1 Å². The van der Waals surface area contributed by atoms with Gasteiger partial charge in [-0.25, -0.2) is 9.59 Å². The monoisotopic (exact) mass is 876 g/mol. The third kappa shape index (κ3) is 18.1. The Balaban J connectivity index is 1.07. The van der Waals surface area contributed by atoms with Gasteiger partial charge in [0.05, 0.1) is 83.1 Å². The van der Waals surface area contributed by atoms with Crippen molar-refractivity contribution in [1.29, 1.82) is 0 Å². The number of allylic oxidation sites excluding steroid dienone is 2. The van der Waals surface area contributed by atoms with E-state index in [1.807, 2.05) is 13.8 Å². The zero-order chi connectivity index (χ0) is 44.3. The fourth-order valence-electron chi connectivity index (χ4n) is 7.00. The molecule has 344 valence electrons. The minimum Gasteiger partial charge on any atom is -0.494 e. The summed E-state index contributed by atoms with van der Waals surface area (Å²) < 4.78 is 61.5. The molecule has 0 aromatic heterocycles. The smallest absolute Gasteiger partial charge is 0.343 e. The molecule has 14 heteroatoms. The van der Waals surface area contributed by atoms with Gasteiger partial charge in [-0.1, -0.05) is 12.2 Å². The van der Waals surface area contributed by atoms with Crippen LogP contribution in [0, 0.1) is 17.8 Å². The van der Waals surface area contributed by atoms with Gasteiger partial charge in [-0.3, -0.25) is 4.79 Å². The Hall–Kier alpha value is -4.83. The molecule has 3 unspecified atom stereocenters. The summed E-state index contributed by atoms with van der Waals surface area (Å²) in [5.74, 6) is 0.470. The summed E-state index contributed by atoms with van der Waals surface area (Å²) in [5, 5.41) is 0. The Morgan fingerprint density at radius 2 is 0.984 bits per heavy atom. The Kier molecular flexibility index (Phi) is 22.5. The van der Waals surface area contributed by atoms with Gasteiger partial charge in [0, 0.05) is 32.0 Å². The molecular weight excluding hydrogens is 813 g/mol. The van der Waals surface area contributed by atoms with Crippen LogP contribution < -0.4 is 18.9 Å². The van der Waals surface area contributed by atoms with Crippen molar-refractivity contribution < 1.29 is 66.5 Å². The van der Waals surface area contributed by atoms with Gasteiger partial charge in [-0.15, -0.1) is 0 Å². The molecule has 1 fully saturated rings. The van der Waals surface area contributed by atoms with Gasteiger partial charge >= 0.3 is 17.9 Å². The van der Waals surface area contributed by atoms with Crippen molar-refractivity contribution in [3.8, 4) is 23.0 Å². The van der Waals surface area contributed by atoms with Gasteiger partial charge in [0.25, 0.3) is 0 Å². The highest BCUT2D eigenvalue weighted by molar-refractivity contribution is 5.92. The average Bonchev–Trinajstić information content (AvgIpc) is 3.95. The predicted octanol–water partition coefficient (Wildman–Crippen LogP) is 7.84. The van der Waals surface area contributed by atoms with Crippen LogP contribution in [0.4, 0.5) is 0 Å². The molecule has 0 radical (unpaired) electrons. The first-order valence-electron chi connectivity index (χ1n) is 22.3. The molecule has 1 saturated carbocycles. The van der Waals surface area contributed by atoms with E-state index in [-0.39, 0.29) is 35.9 Å². The second-order valence-corrected chi connectivity index (χ2v) is 15.0. The lowest BCUT2D eigenvalue weighted by Gasteiger charge is -2.18. The molecular formula is C49H64O14. The number of ether oxygens (including phenoxy) is 11. The summed E-state index contributed by atoms with van der Waals surface area (Å²) in [6.07, 6.45) is 9.26. The Morgan fingerprint density at radius 1 is 0.508 bits per heavy atom. The molecule has 2 bridgehead atoms. The maximum atomic E-state index is 13.3. The van der Waals surface area contributed by atoms with E-state index in [0.717, 1.165) is 38.5 Å². The number of carbonyl (C=O) groups is 3. The highest BCUT2D eigenvalue weighted by Gasteiger charge is 2.40. The summed E-state index contributed by atoms with van der Waals surface area (Å²) >= 11 is 0. The number of carbonyl (C=O) groups excluding carboxylic acids is 3. The van der Waals surface area contributed by atoms with Crippen LogP contribution in [0.15, 0.2) is 78.9 Å². The molecule has 0 saturated heterocycles. The highest BCUT2D eigenvalue weighted by atomic mass is 16.6. The topological polar surface area (TPSA) is 153 Å². The Morgan fingerprint density at radius 3 is 1.48 bits per heavy atom. The van der Waals surface area contributed by atoms with E-state index in [9.17, 15) is 14.4 Å². The number of benzene rings is 3. The third-order valence-electron chi connectivity index (χ3n) is 10.4. The average molecular weight is 877 g/mol. The zero-order valence-electron chi connectivity index (χ0n) is 36.8. The fourth-order valence-corrected chi connectivity index (χ4v) is 7.00. The number of rotatable bonds is 33. The van der Waals surface area contributed by atoms with Crippen LogP contribution in [0.25, 0.3) is 0 Å². The van der Waals surface area contributed by atoms with Gasteiger partial charge in [-0.05, 0) is 131 Å². The quantitative estimate of drug-likeness (QED) is 0.0253. The number of unbranched alkanes of at least 4 members (excludes halogenated alkanes) is 2. The summed E-state index contributed by atoms with van der Waals surface area (Å²) in [5.41, 5.74) is 0.997. The zero-order valence-corrected chi connectivity index (χ0v) is 36.8. The van der Waals surface area contributed by atoms with E-state index < -0.39 is 11.9 Å². The molecule has 14 nitrogen and oxygen atoms in total. The summed E-state index contributed by atoms with van der Waals surface area (Å²) in [7, 11) is 0. The highest BCUT2D eigenvalue weighted by Crippen LogP contribution is 2.44. The molecule has 3 aromatic rings. The van der Waals surface area contributed by atoms with Crippen molar-refractivity contribution >= 4 is 17.9 Å². The standard InChI is InChI=1S/C49H64O14/c1-3-53-25-27-57-31-29-55-21-5-7-23-59-42-15-11-38(12-16-42)47(50)62-44-19-20-46(41(35-44)36-61-49(52)45-34-37-9-10-40(45)33-37)63-48(51)39-13-17-43(18-14-39)60-24-8-6-22-56-30-32-58-28-26-54-4-2/h9-20,35,37,40,45H,3-8,21-34,36H2,1-2H3. The number of fused-ring (bicyclic) bond motifs is 2. The van der Waals surface area contributed by atoms with Crippen LogP contribution in [-0.4, -0.2) is 110 Å². The van der Waals surface area contributed by atoms with Gasteiger partial charge in [0.1, 0.15) is 29.6 Å². The molecule has 0 N–H and O–H groups in total. The number of hydrogen-bond donors (Lipinski definition) is 0. The lowest BCUT2D eigenvalue weighted by molar-refractivity contribution is -0.150. The molecule has 2 aliphatic carbocycles. The van der Waals surface area contributed by atoms with Crippen LogP contribution in [0.2, 0.25) is 0 Å². The fraction of sp³-hybridized carbons (Fsp3) is 0.531. The lowest BCUT2D eigenvalue weighted by Crippen LogP contribution is -2.21. The summed E-state index contributed by atoms with van der Waals surface area (Å²) in [6.45, 7) is 11.8. The van der Waals surface area contributed by atoms with Crippen LogP contribution in [0.3, 0.4) is 0 Å². The van der Waals surface area contributed by atoms with E-state index in [2.05, 4.69) is 12.2 Å². The third-order valence-corrected chi connectivity index (χ3v) is 10.4. The van der Waals surface area contributed by atoms with Gasteiger partial charge in [0.15, 0.2) is 0 Å². The minimum absolute atomic E-state index is 0.170. The first kappa shape index (κ1) is 49.2.